The van der Waals surface area contributed by atoms with Gasteiger partial charge in [0.25, 0.3) is 0 Å². The number of ether oxygens (including phenoxy) is 2. The Hall–Kier alpha value is -3.80. The Morgan fingerprint density at radius 2 is 1.46 bits per heavy atom. The molecule has 0 aromatic heterocycles. The molecule has 0 aliphatic heterocycles. The van der Waals surface area contributed by atoms with Crippen LogP contribution in [0.25, 0.3) is 0 Å². The van der Waals surface area contributed by atoms with Crippen LogP contribution < -0.4 is 14.8 Å². The minimum absolute atomic E-state index is 0.0715. The minimum Gasteiger partial charge on any atom is -0.493 e. The standard InChI is InChI=1S/C29H34N2O4/c1-21(2)29(33)31(20-23-11-7-5-8-12-23)27(24-13-9-6-10-14-24)28(32)30-18-17-22-15-16-25(34-3)26(19-22)35-4/h5-16,19,21,27H,17-18,20H2,1-4H3,(H,30,32). The van der Waals surface area contributed by atoms with Crippen molar-refractivity contribution in [2.24, 2.45) is 5.92 Å². The molecule has 35 heavy (non-hydrogen) atoms. The Balaban J connectivity index is 1.82. The van der Waals surface area contributed by atoms with Crippen LogP contribution in [-0.4, -0.2) is 37.5 Å². The molecule has 0 spiro atoms. The van der Waals surface area contributed by atoms with Gasteiger partial charge in [0, 0.05) is 19.0 Å². The van der Waals surface area contributed by atoms with Crippen LogP contribution in [0.5, 0.6) is 11.5 Å². The number of benzene rings is 3. The summed E-state index contributed by atoms with van der Waals surface area (Å²) in [5.41, 5.74) is 2.76. The number of nitrogens with zero attached hydrogens (tertiary/aromatic N) is 1. The van der Waals surface area contributed by atoms with Gasteiger partial charge in [-0.3, -0.25) is 9.59 Å². The van der Waals surface area contributed by atoms with E-state index in [2.05, 4.69) is 5.32 Å². The van der Waals surface area contributed by atoms with Gasteiger partial charge in [-0.2, -0.15) is 0 Å². The zero-order chi connectivity index (χ0) is 25.2. The summed E-state index contributed by atoms with van der Waals surface area (Å²) < 4.78 is 10.7. The van der Waals surface area contributed by atoms with Crippen molar-refractivity contribution in [1.82, 2.24) is 10.2 Å². The molecule has 2 amide bonds. The first-order chi connectivity index (χ1) is 16.9. The number of nitrogens with one attached hydrogen (secondary N) is 1. The van der Waals surface area contributed by atoms with Crippen molar-refractivity contribution in [2.75, 3.05) is 20.8 Å². The van der Waals surface area contributed by atoms with Gasteiger partial charge in [-0.15, -0.1) is 0 Å². The highest BCUT2D eigenvalue weighted by atomic mass is 16.5. The van der Waals surface area contributed by atoms with Crippen LogP contribution in [0, 0.1) is 5.92 Å². The van der Waals surface area contributed by atoms with Gasteiger partial charge >= 0.3 is 0 Å². The maximum absolute atomic E-state index is 13.6. The smallest absolute Gasteiger partial charge is 0.247 e. The second-order valence-electron chi connectivity index (χ2n) is 8.65. The molecule has 0 fully saturated rings. The molecule has 3 rings (SSSR count). The predicted octanol–water partition coefficient (Wildman–Crippen LogP) is 4.79. The van der Waals surface area contributed by atoms with Crippen LogP contribution in [0.3, 0.4) is 0 Å². The quantitative estimate of drug-likeness (QED) is 0.434. The summed E-state index contributed by atoms with van der Waals surface area (Å²) in [7, 11) is 3.20. The number of hydrogen-bond acceptors (Lipinski definition) is 4. The van der Waals surface area contributed by atoms with E-state index in [0.717, 1.165) is 16.7 Å². The zero-order valence-corrected chi connectivity index (χ0v) is 20.9. The van der Waals surface area contributed by atoms with Crippen molar-refractivity contribution in [2.45, 2.75) is 32.9 Å². The molecule has 0 saturated carbocycles. The topological polar surface area (TPSA) is 67.9 Å². The van der Waals surface area contributed by atoms with Crippen LogP contribution in [0.15, 0.2) is 78.9 Å². The van der Waals surface area contributed by atoms with Crippen molar-refractivity contribution >= 4 is 11.8 Å². The van der Waals surface area contributed by atoms with Crippen molar-refractivity contribution in [1.29, 1.82) is 0 Å². The fourth-order valence-corrected chi connectivity index (χ4v) is 3.98. The molecule has 1 atom stereocenters. The van der Waals surface area contributed by atoms with Crippen LogP contribution >= 0.6 is 0 Å². The lowest BCUT2D eigenvalue weighted by molar-refractivity contribution is -0.144. The van der Waals surface area contributed by atoms with Gasteiger partial charge in [-0.1, -0.05) is 80.6 Å². The highest BCUT2D eigenvalue weighted by molar-refractivity contribution is 5.89. The van der Waals surface area contributed by atoms with E-state index < -0.39 is 6.04 Å². The number of carbonyl (C=O) groups excluding carboxylic acids is 2. The van der Waals surface area contributed by atoms with Gasteiger partial charge in [-0.25, -0.2) is 0 Å². The molecule has 0 heterocycles. The third-order valence-electron chi connectivity index (χ3n) is 5.81. The third-order valence-corrected chi connectivity index (χ3v) is 5.81. The first kappa shape index (κ1) is 25.8. The zero-order valence-electron chi connectivity index (χ0n) is 20.9. The molecule has 0 aliphatic carbocycles. The van der Waals surface area contributed by atoms with E-state index in [0.29, 0.717) is 31.0 Å². The first-order valence-corrected chi connectivity index (χ1v) is 11.8. The average Bonchev–Trinajstić information content (AvgIpc) is 2.89. The molecule has 184 valence electrons. The second-order valence-corrected chi connectivity index (χ2v) is 8.65. The van der Waals surface area contributed by atoms with Crippen LogP contribution in [0.1, 0.15) is 36.6 Å². The Bertz CT molecular complexity index is 1100. The maximum Gasteiger partial charge on any atom is 0.247 e. The summed E-state index contributed by atoms with van der Waals surface area (Å²) in [6, 6.07) is 24.2. The fourth-order valence-electron chi connectivity index (χ4n) is 3.98. The van der Waals surface area contributed by atoms with Crippen LogP contribution in [-0.2, 0) is 22.6 Å². The Morgan fingerprint density at radius 1 is 0.829 bits per heavy atom. The number of rotatable bonds is 11. The molecule has 6 nitrogen and oxygen atoms in total. The van der Waals surface area contributed by atoms with Gasteiger partial charge in [-0.05, 0) is 35.2 Å². The van der Waals surface area contributed by atoms with E-state index >= 15 is 0 Å². The monoisotopic (exact) mass is 474 g/mol. The molecule has 1 N–H and O–H groups in total. The van der Waals surface area contributed by atoms with E-state index in [1.54, 1.807) is 19.1 Å². The van der Waals surface area contributed by atoms with E-state index in [1.807, 2.05) is 92.7 Å². The molecular formula is C29H34N2O4. The van der Waals surface area contributed by atoms with Crippen LogP contribution in [0.4, 0.5) is 0 Å². The largest absolute Gasteiger partial charge is 0.493 e. The molecule has 6 heteroatoms. The number of methoxy groups -OCH3 is 2. The van der Waals surface area contributed by atoms with Gasteiger partial charge in [0.15, 0.2) is 11.5 Å². The lowest BCUT2D eigenvalue weighted by atomic mass is 10.0. The molecule has 3 aromatic rings. The first-order valence-electron chi connectivity index (χ1n) is 11.8. The molecular weight excluding hydrogens is 440 g/mol. The second kappa shape index (κ2) is 12.6. The molecule has 1 unspecified atom stereocenters. The molecule has 0 radical (unpaired) electrons. The molecule has 0 saturated heterocycles. The lowest BCUT2D eigenvalue weighted by Gasteiger charge is -2.33. The molecule has 3 aromatic carbocycles. The van der Waals surface area contributed by atoms with Crippen molar-refractivity contribution in [3.05, 3.63) is 95.6 Å². The summed E-state index contributed by atoms with van der Waals surface area (Å²) in [4.78, 5) is 28.6. The Kier molecular flexibility index (Phi) is 9.30. The lowest BCUT2D eigenvalue weighted by Crippen LogP contribution is -2.45. The predicted molar refractivity (Wildman–Crippen MR) is 137 cm³/mol. The van der Waals surface area contributed by atoms with Gasteiger partial charge < -0.3 is 19.7 Å². The average molecular weight is 475 g/mol. The number of amides is 2. The van der Waals surface area contributed by atoms with E-state index in [1.165, 1.54) is 0 Å². The molecule has 0 aliphatic rings. The van der Waals surface area contributed by atoms with Gasteiger partial charge in [0.05, 0.1) is 14.2 Å². The fraction of sp³-hybridized carbons (Fsp3) is 0.310. The Labute approximate surface area is 207 Å². The SMILES string of the molecule is COc1ccc(CCNC(=O)C(c2ccccc2)N(Cc2ccccc2)C(=O)C(C)C)cc1OC. The highest BCUT2D eigenvalue weighted by Crippen LogP contribution is 2.28. The summed E-state index contributed by atoms with van der Waals surface area (Å²) in [5, 5.41) is 3.05. The van der Waals surface area contributed by atoms with Gasteiger partial charge in [0.1, 0.15) is 6.04 Å². The van der Waals surface area contributed by atoms with Crippen molar-refractivity contribution in [3.8, 4) is 11.5 Å². The van der Waals surface area contributed by atoms with E-state index in [4.69, 9.17) is 9.47 Å². The molecule has 0 bridgehead atoms. The third kappa shape index (κ3) is 6.85. The number of hydrogen-bond donors (Lipinski definition) is 1. The normalized spacial score (nSPS) is 11.6. The maximum atomic E-state index is 13.6. The highest BCUT2D eigenvalue weighted by Gasteiger charge is 2.32. The number of carbonyl (C=O) groups is 2. The summed E-state index contributed by atoms with van der Waals surface area (Å²) in [6.45, 7) is 4.49. The van der Waals surface area contributed by atoms with E-state index in [-0.39, 0.29) is 17.7 Å². The summed E-state index contributed by atoms with van der Waals surface area (Å²) >= 11 is 0. The van der Waals surface area contributed by atoms with Crippen LogP contribution in [0.2, 0.25) is 0 Å². The summed E-state index contributed by atoms with van der Waals surface area (Å²) in [6.07, 6.45) is 0.615. The van der Waals surface area contributed by atoms with Crippen molar-refractivity contribution < 1.29 is 19.1 Å². The van der Waals surface area contributed by atoms with E-state index in [9.17, 15) is 9.59 Å². The minimum atomic E-state index is -0.739. The summed E-state index contributed by atoms with van der Waals surface area (Å²) in [5.74, 6) is 0.784. The Morgan fingerprint density at radius 3 is 2.06 bits per heavy atom. The van der Waals surface area contributed by atoms with Crippen molar-refractivity contribution in [3.63, 3.8) is 0 Å². The van der Waals surface area contributed by atoms with Gasteiger partial charge in [0.2, 0.25) is 11.8 Å².